The molecule has 4 rings (SSSR count). The van der Waals surface area contributed by atoms with Crippen molar-refractivity contribution in [2.24, 2.45) is 0 Å². The molecule has 0 amide bonds. The van der Waals surface area contributed by atoms with E-state index in [-0.39, 0.29) is 6.10 Å². The van der Waals surface area contributed by atoms with Crippen LogP contribution in [0.3, 0.4) is 0 Å². The number of rotatable bonds is 4. The average Bonchev–Trinajstić information content (AvgIpc) is 3.24. The topological polar surface area (TPSA) is 62.1 Å². The van der Waals surface area contributed by atoms with Gasteiger partial charge in [0, 0.05) is 24.5 Å². The largest absolute Gasteiger partial charge is 0.486 e. The van der Waals surface area contributed by atoms with Crippen LogP contribution in [0.15, 0.2) is 42.0 Å². The van der Waals surface area contributed by atoms with E-state index in [1.807, 2.05) is 40.5 Å². The van der Waals surface area contributed by atoms with Crippen molar-refractivity contribution in [3.8, 4) is 22.2 Å². The Bertz CT molecular complexity index is 757. The van der Waals surface area contributed by atoms with Crippen molar-refractivity contribution < 1.29 is 9.47 Å². The molecule has 0 bridgehead atoms. The minimum Gasteiger partial charge on any atom is -0.486 e. The fourth-order valence-electron chi connectivity index (χ4n) is 2.34. The maximum atomic E-state index is 5.94. The Balaban J connectivity index is 1.38. The standard InChI is InChI=1S/C15H14N4O2S/c1-2-4-14-13(3-1)20-10-11(21-14)5-7-19-9-12(17-18-19)15-16-6-8-22-15/h1-4,6,8-9,11H,5,7,10H2/t11-/m1/s1. The lowest BCUT2D eigenvalue weighted by Crippen LogP contribution is -2.30. The number of nitrogens with zero attached hydrogens (tertiary/aromatic N) is 4. The molecule has 1 aliphatic heterocycles. The van der Waals surface area contributed by atoms with Crippen LogP contribution in [0.4, 0.5) is 0 Å². The molecule has 7 heteroatoms. The van der Waals surface area contributed by atoms with Crippen LogP contribution in [-0.4, -0.2) is 32.7 Å². The molecule has 1 aliphatic rings. The second-order valence-electron chi connectivity index (χ2n) is 4.99. The van der Waals surface area contributed by atoms with Gasteiger partial charge in [-0.25, -0.2) is 4.98 Å². The Hall–Kier alpha value is -2.41. The summed E-state index contributed by atoms with van der Waals surface area (Å²) in [5, 5.41) is 11.1. The molecule has 0 radical (unpaired) electrons. The first-order valence-corrected chi connectivity index (χ1v) is 7.95. The van der Waals surface area contributed by atoms with Crippen LogP contribution in [0.5, 0.6) is 11.5 Å². The van der Waals surface area contributed by atoms with E-state index in [0.717, 1.165) is 35.2 Å². The molecule has 6 nitrogen and oxygen atoms in total. The Labute approximate surface area is 131 Å². The van der Waals surface area contributed by atoms with Crippen molar-refractivity contribution in [2.45, 2.75) is 19.1 Å². The Morgan fingerprint density at radius 3 is 3.05 bits per heavy atom. The third kappa shape index (κ3) is 2.67. The number of benzene rings is 1. The molecule has 0 N–H and O–H groups in total. The maximum Gasteiger partial charge on any atom is 0.161 e. The van der Waals surface area contributed by atoms with E-state index >= 15 is 0 Å². The van der Waals surface area contributed by atoms with Gasteiger partial charge in [0.05, 0.1) is 6.20 Å². The second kappa shape index (κ2) is 5.76. The molecule has 1 atom stereocenters. The second-order valence-corrected chi connectivity index (χ2v) is 5.88. The minimum absolute atomic E-state index is 0.0300. The first kappa shape index (κ1) is 13.3. The lowest BCUT2D eigenvalue weighted by Gasteiger charge is -2.26. The summed E-state index contributed by atoms with van der Waals surface area (Å²) in [5.41, 5.74) is 0.807. The van der Waals surface area contributed by atoms with Crippen LogP contribution in [0.1, 0.15) is 6.42 Å². The molecule has 0 aliphatic carbocycles. The third-order valence-corrected chi connectivity index (χ3v) is 4.23. The number of aryl methyl sites for hydroxylation is 1. The molecule has 0 spiro atoms. The number of thiazole rings is 1. The number of hydrogen-bond donors (Lipinski definition) is 0. The van der Waals surface area contributed by atoms with Gasteiger partial charge in [0.2, 0.25) is 0 Å². The summed E-state index contributed by atoms with van der Waals surface area (Å²) in [6.45, 7) is 1.29. The van der Waals surface area contributed by atoms with Crippen molar-refractivity contribution in [3.05, 3.63) is 42.0 Å². The minimum atomic E-state index is 0.0300. The molecule has 22 heavy (non-hydrogen) atoms. The highest BCUT2D eigenvalue weighted by Gasteiger charge is 2.20. The molecular weight excluding hydrogens is 300 g/mol. The number of fused-ring (bicyclic) bond motifs is 1. The third-order valence-electron chi connectivity index (χ3n) is 3.44. The predicted octanol–water partition coefficient (Wildman–Crippen LogP) is 2.63. The number of hydrogen-bond acceptors (Lipinski definition) is 6. The van der Waals surface area contributed by atoms with Crippen molar-refractivity contribution in [1.82, 2.24) is 20.0 Å². The van der Waals surface area contributed by atoms with Gasteiger partial charge in [0.15, 0.2) is 11.5 Å². The number of ether oxygens (including phenoxy) is 2. The fraction of sp³-hybridized carbons (Fsp3) is 0.267. The zero-order valence-corrected chi connectivity index (χ0v) is 12.6. The maximum absolute atomic E-state index is 5.94. The van der Waals surface area contributed by atoms with Crippen LogP contribution in [0.2, 0.25) is 0 Å². The van der Waals surface area contributed by atoms with Gasteiger partial charge >= 0.3 is 0 Å². The van der Waals surface area contributed by atoms with Crippen LogP contribution < -0.4 is 9.47 Å². The summed E-state index contributed by atoms with van der Waals surface area (Å²) in [6.07, 6.45) is 4.53. The highest BCUT2D eigenvalue weighted by atomic mass is 32.1. The van der Waals surface area contributed by atoms with E-state index in [4.69, 9.17) is 9.47 Å². The monoisotopic (exact) mass is 314 g/mol. The van der Waals surface area contributed by atoms with Crippen molar-refractivity contribution in [3.63, 3.8) is 0 Å². The van der Waals surface area contributed by atoms with E-state index in [2.05, 4.69) is 15.3 Å². The van der Waals surface area contributed by atoms with Gasteiger partial charge in [-0.3, -0.25) is 4.68 Å². The summed E-state index contributed by atoms with van der Waals surface area (Å²) < 4.78 is 13.5. The van der Waals surface area contributed by atoms with Gasteiger partial charge in [-0.2, -0.15) is 0 Å². The Kier molecular flexibility index (Phi) is 3.48. The molecule has 3 heterocycles. The highest BCUT2D eigenvalue weighted by Crippen LogP contribution is 2.31. The van der Waals surface area contributed by atoms with Crippen molar-refractivity contribution in [1.29, 1.82) is 0 Å². The Morgan fingerprint density at radius 1 is 1.27 bits per heavy atom. The van der Waals surface area contributed by atoms with E-state index in [1.54, 1.807) is 17.5 Å². The lowest BCUT2D eigenvalue weighted by atomic mass is 10.2. The van der Waals surface area contributed by atoms with Crippen LogP contribution >= 0.6 is 11.3 Å². The summed E-state index contributed by atoms with van der Waals surface area (Å²) in [5.74, 6) is 1.62. The quantitative estimate of drug-likeness (QED) is 0.741. The fourth-order valence-corrected chi connectivity index (χ4v) is 2.92. The SMILES string of the molecule is c1ccc2c(c1)OC[C@@H](CCn1cc(-c3nccs3)nn1)O2. The predicted molar refractivity (Wildman–Crippen MR) is 82.1 cm³/mol. The highest BCUT2D eigenvalue weighted by molar-refractivity contribution is 7.13. The van der Waals surface area contributed by atoms with Gasteiger partial charge in [-0.05, 0) is 12.1 Å². The first-order chi connectivity index (χ1) is 10.9. The van der Waals surface area contributed by atoms with Crippen LogP contribution in [-0.2, 0) is 6.54 Å². The van der Waals surface area contributed by atoms with Crippen molar-refractivity contribution in [2.75, 3.05) is 6.61 Å². The first-order valence-electron chi connectivity index (χ1n) is 7.07. The molecule has 0 unspecified atom stereocenters. The number of aromatic nitrogens is 4. The smallest absolute Gasteiger partial charge is 0.161 e. The molecule has 2 aromatic heterocycles. The normalized spacial score (nSPS) is 16.6. The molecule has 3 aromatic rings. The zero-order valence-electron chi connectivity index (χ0n) is 11.8. The average molecular weight is 314 g/mol. The molecule has 0 saturated heterocycles. The molecule has 0 saturated carbocycles. The summed E-state index contributed by atoms with van der Waals surface area (Å²) >= 11 is 1.56. The van der Waals surface area contributed by atoms with Crippen LogP contribution in [0, 0.1) is 0 Å². The zero-order chi connectivity index (χ0) is 14.8. The van der Waals surface area contributed by atoms with Crippen LogP contribution in [0.25, 0.3) is 10.7 Å². The molecular formula is C15H14N4O2S. The van der Waals surface area contributed by atoms with Gasteiger partial charge < -0.3 is 9.47 Å². The van der Waals surface area contributed by atoms with E-state index in [1.165, 1.54) is 0 Å². The number of para-hydroxylation sites is 2. The van der Waals surface area contributed by atoms with Gasteiger partial charge in [0.25, 0.3) is 0 Å². The van der Waals surface area contributed by atoms with E-state index in [0.29, 0.717) is 6.61 Å². The summed E-state index contributed by atoms with van der Waals surface area (Å²) in [7, 11) is 0. The molecule has 112 valence electrons. The van der Waals surface area contributed by atoms with Crippen molar-refractivity contribution >= 4 is 11.3 Å². The van der Waals surface area contributed by atoms with E-state index < -0.39 is 0 Å². The Morgan fingerprint density at radius 2 is 2.18 bits per heavy atom. The van der Waals surface area contributed by atoms with E-state index in [9.17, 15) is 0 Å². The summed E-state index contributed by atoms with van der Waals surface area (Å²) in [4.78, 5) is 4.23. The van der Waals surface area contributed by atoms with Gasteiger partial charge in [0.1, 0.15) is 23.4 Å². The molecule has 0 fully saturated rings. The lowest BCUT2D eigenvalue weighted by molar-refractivity contribution is 0.0807. The van der Waals surface area contributed by atoms with Gasteiger partial charge in [-0.15, -0.1) is 16.4 Å². The molecule has 1 aromatic carbocycles. The summed E-state index contributed by atoms with van der Waals surface area (Å²) in [6, 6.07) is 7.74. The van der Waals surface area contributed by atoms with Gasteiger partial charge in [-0.1, -0.05) is 17.3 Å².